The highest BCUT2D eigenvalue weighted by Gasteiger charge is 2.27. The Balaban J connectivity index is 1.57. The van der Waals surface area contributed by atoms with Crippen LogP contribution in [-0.4, -0.2) is 29.8 Å². The summed E-state index contributed by atoms with van der Waals surface area (Å²) in [6.45, 7) is 3.20. The molecule has 1 fully saturated rings. The molecule has 26 heavy (non-hydrogen) atoms. The molecular weight excluding hydrogens is 324 g/mol. The highest BCUT2D eigenvalue weighted by Crippen LogP contribution is 2.19. The highest BCUT2D eigenvalue weighted by molar-refractivity contribution is 5.95. The molecule has 1 atom stereocenters. The normalized spacial score (nSPS) is 17.3. The van der Waals surface area contributed by atoms with Crippen LogP contribution in [0.2, 0.25) is 0 Å². The van der Waals surface area contributed by atoms with E-state index in [1.165, 1.54) is 5.56 Å². The Morgan fingerprint density at radius 3 is 2.54 bits per heavy atom. The van der Waals surface area contributed by atoms with E-state index in [2.05, 4.69) is 5.32 Å². The first-order chi connectivity index (χ1) is 12.6. The predicted octanol–water partition coefficient (Wildman–Crippen LogP) is 3.89. The molecule has 3 rings (SSSR count). The highest BCUT2D eigenvalue weighted by atomic mass is 16.2. The second-order valence-electron chi connectivity index (χ2n) is 6.72. The second-order valence-corrected chi connectivity index (χ2v) is 6.72. The van der Waals surface area contributed by atoms with Gasteiger partial charge in [-0.2, -0.15) is 0 Å². The Kier molecular flexibility index (Phi) is 5.84. The van der Waals surface area contributed by atoms with Crippen molar-refractivity contribution in [2.24, 2.45) is 5.92 Å². The zero-order valence-electron chi connectivity index (χ0n) is 15.0. The minimum Gasteiger partial charge on any atom is -0.338 e. The lowest BCUT2D eigenvalue weighted by molar-refractivity contribution is -0.130. The summed E-state index contributed by atoms with van der Waals surface area (Å²) in [4.78, 5) is 26.7. The van der Waals surface area contributed by atoms with E-state index < -0.39 is 0 Å². The smallest absolute Gasteiger partial charge is 0.246 e. The predicted molar refractivity (Wildman–Crippen MR) is 105 cm³/mol. The number of benzene rings is 2. The van der Waals surface area contributed by atoms with Crippen molar-refractivity contribution in [3.63, 3.8) is 0 Å². The van der Waals surface area contributed by atoms with E-state index in [4.69, 9.17) is 0 Å². The van der Waals surface area contributed by atoms with Gasteiger partial charge >= 0.3 is 0 Å². The van der Waals surface area contributed by atoms with Crippen LogP contribution >= 0.6 is 0 Å². The van der Waals surface area contributed by atoms with Gasteiger partial charge in [-0.15, -0.1) is 0 Å². The average Bonchev–Trinajstić information content (AvgIpc) is 2.68. The van der Waals surface area contributed by atoms with Gasteiger partial charge in [0.15, 0.2) is 0 Å². The lowest BCUT2D eigenvalue weighted by Gasteiger charge is -2.31. The molecule has 2 aromatic rings. The summed E-state index contributed by atoms with van der Waals surface area (Å²) in [6.07, 6.45) is 5.08. The second kappa shape index (κ2) is 8.48. The van der Waals surface area contributed by atoms with Crippen LogP contribution in [0.4, 0.5) is 5.69 Å². The molecule has 4 nitrogen and oxygen atoms in total. The van der Waals surface area contributed by atoms with Crippen LogP contribution in [0.3, 0.4) is 0 Å². The van der Waals surface area contributed by atoms with Gasteiger partial charge in [-0.05, 0) is 43.5 Å². The number of carbonyl (C=O) groups is 2. The standard InChI is InChI=1S/C22H24N2O2/c1-17-9-11-18(12-10-17)13-14-21(25)24-15-5-6-19(16-24)22(26)23-20-7-3-2-4-8-20/h2-4,7-14,19H,5-6,15-16H2,1H3,(H,23,26)/b14-13+/t19-/m0/s1. The van der Waals surface area contributed by atoms with E-state index in [0.29, 0.717) is 13.1 Å². The Morgan fingerprint density at radius 2 is 1.81 bits per heavy atom. The Hall–Kier alpha value is -2.88. The van der Waals surface area contributed by atoms with Gasteiger partial charge in [-0.1, -0.05) is 48.0 Å². The van der Waals surface area contributed by atoms with Crippen molar-refractivity contribution in [1.29, 1.82) is 0 Å². The van der Waals surface area contributed by atoms with E-state index in [9.17, 15) is 9.59 Å². The number of piperidine rings is 1. The molecule has 0 aliphatic carbocycles. The number of nitrogens with zero attached hydrogens (tertiary/aromatic N) is 1. The van der Waals surface area contributed by atoms with Crippen molar-refractivity contribution in [2.75, 3.05) is 18.4 Å². The van der Waals surface area contributed by atoms with Gasteiger partial charge in [-0.25, -0.2) is 0 Å². The Labute approximate surface area is 154 Å². The first kappa shape index (κ1) is 17.9. The summed E-state index contributed by atoms with van der Waals surface area (Å²) in [7, 11) is 0. The van der Waals surface area contributed by atoms with Crippen molar-refractivity contribution in [3.8, 4) is 0 Å². The molecule has 0 spiro atoms. The van der Waals surface area contributed by atoms with Crippen LogP contribution in [-0.2, 0) is 9.59 Å². The number of hydrogen-bond acceptors (Lipinski definition) is 2. The molecule has 0 aromatic heterocycles. The zero-order chi connectivity index (χ0) is 18.4. The van der Waals surface area contributed by atoms with Crippen LogP contribution in [0.1, 0.15) is 24.0 Å². The van der Waals surface area contributed by atoms with Crippen LogP contribution < -0.4 is 5.32 Å². The van der Waals surface area contributed by atoms with E-state index in [-0.39, 0.29) is 17.7 Å². The third-order valence-corrected chi connectivity index (χ3v) is 4.64. The van der Waals surface area contributed by atoms with Gasteiger partial charge in [0.2, 0.25) is 11.8 Å². The molecular formula is C22H24N2O2. The Morgan fingerprint density at radius 1 is 1.08 bits per heavy atom. The molecule has 1 heterocycles. The molecule has 0 unspecified atom stereocenters. The van der Waals surface area contributed by atoms with E-state index >= 15 is 0 Å². The summed E-state index contributed by atoms with van der Waals surface area (Å²) < 4.78 is 0. The number of aryl methyl sites for hydroxylation is 1. The number of carbonyl (C=O) groups excluding carboxylic acids is 2. The largest absolute Gasteiger partial charge is 0.338 e. The number of rotatable bonds is 4. The quantitative estimate of drug-likeness (QED) is 0.852. The maximum Gasteiger partial charge on any atom is 0.246 e. The molecule has 2 aromatic carbocycles. The number of amides is 2. The van der Waals surface area contributed by atoms with Gasteiger partial charge < -0.3 is 10.2 Å². The van der Waals surface area contributed by atoms with Crippen LogP contribution in [0, 0.1) is 12.8 Å². The van der Waals surface area contributed by atoms with Crippen molar-refractivity contribution >= 4 is 23.6 Å². The van der Waals surface area contributed by atoms with Crippen molar-refractivity contribution < 1.29 is 9.59 Å². The van der Waals surface area contributed by atoms with E-state index in [1.54, 1.807) is 11.0 Å². The fraction of sp³-hybridized carbons (Fsp3) is 0.273. The molecule has 134 valence electrons. The molecule has 1 aliphatic heterocycles. The summed E-state index contributed by atoms with van der Waals surface area (Å²) in [5, 5.41) is 2.94. The summed E-state index contributed by atoms with van der Waals surface area (Å²) >= 11 is 0. The molecule has 4 heteroatoms. The third kappa shape index (κ3) is 4.82. The maximum absolute atomic E-state index is 12.5. The van der Waals surface area contributed by atoms with Gasteiger partial charge in [0.1, 0.15) is 0 Å². The third-order valence-electron chi connectivity index (χ3n) is 4.64. The van der Waals surface area contributed by atoms with Crippen molar-refractivity contribution in [3.05, 3.63) is 71.8 Å². The molecule has 1 aliphatic rings. The number of anilines is 1. The molecule has 1 saturated heterocycles. The van der Waals surface area contributed by atoms with Crippen molar-refractivity contribution in [2.45, 2.75) is 19.8 Å². The van der Waals surface area contributed by atoms with E-state index in [0.717, 1.165) is 24.1 Å². The minimum absolute atomic E-state index is 0.0174. The van der Waals surface area contributed by atoms with Gasteiger partial charge in [0, 0.05) is 24.9 Å². The van der Waals surface area contributed by atoms with Gasteiger partial charge in [-0.3, -0.25) is 9.59 Å². The van der Waals surface area contributed by atoms with Crippen molar-refractivity contribution in [1.82, 2.24) is 4.90 Å². The SMILES string of the molecule is Cc1ccc(/C=C/C(=O)N2CCC[C@H](C(=O)Nc3ccccc3)C2)cc1. The fourth-order valence-corrected chi connectivity index (χ4v) is 3.11. The molecule has 0 saturated carbocycles. The molecule has 0 bridgehead atoms. The van der Waals surface area contributed by atoms with Crippen LogP contribution in [0.25, 0.3) is 6.08 Å². The van der Waals surface area contributed by atoms with Gasteiger partial charge in [0.05, 0.1) is 5.92 Å². The summed E-state index contributed by atoms with van der Waals surface area (Å²) in [5.74, 6) is -0.223. The van der Waals surface area contributed by atoms with Crippen LogP contribution in [0.15, 0.2) is 60.7 Å². The first-order valence-corrected chi connectivity index (χ1v) is 9.01. The number of para-hydroxylation sites is 1. The summed E-state index contributed by atoms with van der Waals surface area (Å²) in [6, 6.07) is 17.5. The monoisotopic (exact) mass is 348 g/mol. The number of hydrogen-bond donors (Lipinski definition) is 1. The van der Waals surface area contributed by atoms with Crippen LogP contribution in [0.5, 0.6) is 0 Å². The fourth-order valence-electron chi connectivity index (χ4n) is 3.11. The topological polar surface area (TPSA) is 49.4 Å². The molecule has 1 N–H and O–H groups in total. The van der Waals surface area contributed by atoms with E-state index in [1.807, 2.05) is 67.6 Å². The molecule has 0 radical (unpaired) electrons. The average molecular weight is 348 g/mol. The maximum atomic E-state index is 12.5. The number of nitrogens with one attached hydrogen (secondary N) is 1. The number of likely N-dealkylation sites (tertiary alicyclic amines) is 1. The zero-order valence-corrected chi connectivity index (χ0v) is 15.0. The lowest BCUT2D eigenvalue weighted by Crippen LogP contribution is -2.43. The Bertz CT molecular complexity index is 782. The summed E-state index contributed by atoms with van der Waals surface area (Å²) in [5.41, 5.74) is 2.98. The lowest BCUT2D eigenvalue weighted by atomic mass is 9.97. The minimum atomic E-state index is -0.166. The molecule has 2 amide bonds. The van der Waals surface area contributed by atoms with Gasteiger partial charge in [0.25, 0.3) is 0 Å². The first-order valence-electron chi connectivity index (χ1n) is 9.01.